The summed E-state index contributed by atoms with van der Waals surface area (Å²) in [6, 6.07) is 12.6. The van der Waals surface area contributed by atoms with Crippen LogP contribution in [0, 0.1) is 0 Å². The minimum absolute atomic E-state index is 0.554. The van der Waals surface area contributed by atoms with Crippen molar-refractivity contribution in [1.29, 1.82) is 0 Å². The first-order valence-electron chi connectivity index (χ1n) is 9.02. The minimum Gasteiger partial charge on any atom is -0.497 e. The Bertz CT molecular complexity index is 832. The highest BCUT2D eigenvalue weighted by Crippen LogP contribution is 2.22. The molecule has 7 nitrogen and oxygen atoms in total. The molecule has 0 aliphatic heterocycles. The van der Waals surface area contributed by atoms with Crippen molar-refractivity contribution in [2.24, 2.45) is 5.10 Å². The van der Waals surface area contributed by atoms with Crippen LogP contribution in [0.1, 0.15) is 30.9 Å². The third-order valence-electron chi connectivity index (χ3n) is 4.04. The Balaban J connectivity index is 1.92. The highest BCUT2D eigenvalue weighted by atomic mass is 16.5. The van der Waals surface area contributed by atoms with Crippen LogP contribution in [0.4, 0.5) is 5.69 Å². The van der Waals surface area contributed by atoms with E-state index in [0.29, 0.717) is 22.7 Å². The maximum Gasteiger partial charge on any atom is 0.329 e. The van der Waals surface area contributed by atoms with Crippen molar-refractivity contribution < 1.29 is 19.1 Å². The summed E-state index contributed by atoms with van der Waals surface area (Å²) in [5.41, 5.74) is 4.55. The van der Waals surface area contributed by atoms with Crippen molar-refractivity contribution >= 4 is 23.7 Å². The van der Waals surface area contributed by atoms with Crippen molar-refractivity contribution in [3.63, 3.8) is 0 Å². The third kappa shape index (κ3) is 6.12. The van der Waals surface area contributed by atoms with E-state index in [4.69, 9.17) is 9.47 Å². The number of carbonyl (C=O) groups excluding carboxylic acids is 2. The summed E-state index contributed by atoms with van der Waals surface area (Å²) in [5.74, 6) is -0.482. The monoisotopic (exact) mass is 383 g/mol. The van der Waals surface area contributed by atoms with Gasteiger partial charge in [0.05, 0.1) is 20.4 Å². The average molecular weight is 383 g/mol. The van der Waals surface area contributed by atoms with E-state index in [-0.39, 0.29) is 0 Å². The van der Waals surface area contributed by atoms with Crippen LogP contribution < -0.4 is 20.2 Å². The fourth-order valence-corrected chi connectivity index (χ4v) is 2.48. The normalized spacial score (nSPS) is 10.5. The standard InChI is InChI=1S/C21H25N3O4/c1-4-5-6-15-7-9-17(10-8-15)23-20(25)21(26)24-22-14-16-13-18(27-2)11-12-19(16)28-3/h7-14H,4-6H2,1-3H3,(H,23,25)(H,24,26). The Morgan fingerprint density at radius 3 is 2.43 bits per heavy atom. The van der Waals surface area contributed by atoms with Crippen LogP contribution in [0.15, 0.2) is 47.6 Å². The van der Waals surface area contributed by atoms with Crippen LogP contribution in [0.2, 0.25) is 0 Å². The van der Waals surface area contributed by atoms with Crippen LogP contribution in [0.3, 0.4) is 0 Å². The Hall–Kier alpha value is -3.35. The van der Waals surface area contributed by atoms with Gasteiger partial charge in [-0.1, -0.05) is 25.5 Å². The zero-order chi connectivity index (χ0) is 20.4. The number of ether oxygens (including phenoxy) is 2. The summed E-state index contributed by atoms with van der Waals surface area (Å²) >= 11 is 0. The number of hydrazone groups is 1. The fraction of sp³-hybridized carbons (Fsp3) is 0.286. The highest BCUT2D eigenvalue weighted by molar-refractivity contribution is 6.39. The molecule has 148 valence electrons. The van der Waals surface area contributed by atoms with Crippen molar-refractivity contribution in [2.45, 2.75) is 26.2 Å². The zero-order valence-corrected chi connectivity index (χ0v) is 16.3. The Morgan fingerprint density at radius 1 is 1.04 bits per heavy atom. The summed E-state index contributed by atoms with van der Waals surface area (Å²) in [6.45, 7) is 2.14. The van der Waals surface area contributed by atoms with Crippen molar-refractivity contribution in [3.05, 3.63) is 53.6 Å². The molecule has 0 aliphatic rings. The summed E-state index contributed by atoms with van der Waals surface area (Å²) in [4.78, 5) is 23.9. The molecule has 0 fully saturated rings. The fourth-order valence-electron chi connectivity index (χ4n) is 2.48. The second-order valence-electron chi connectivity index (χ2n) is 6.06. The molecule has 0 atom stereocenters. The van der Waals surface area contributed by atoms with Gasteiger partial charge in [-0.2, -0.15) is 5.10 Å². The first-order chi connectivity index (χ1) is 13.6. The van der Waals surface area contributed by atoms with Gasteiger partial charge in [0.15, 0.2) is 0 Å². The molecular formula is C21H25N3O4. The van der Waals surface area contributed by atoms with E-state index >= 15 is 0 Å². The maximum absolute atomic E-state index is 12.0. The highest BCUT2D eigenvalue weighted by Gasteiger charge is 2.13. The molecule has 0 saturated heterocycles. The molecule has 28 heavy (non-hydrogen) atoms. The maximum atomic E-state index is 12.0. The molecule has 2 amide bonds. The van der Waals surface area contributed by atoms with E-state index in [1.807, 2.05) is 12.1 Å². The van der Waals surface area contributed by atoms with Crippen molar-refractivity contribution in [3.8, 4) is 11.5 Å². The van der Waals surface area contributed by atoms with Gasteiger partial charge in [-0.15, -0.1) is 0 Å². The summed E-state index contributed by atoms with van der Waals surface area (Å²) < 4.78 is 10.4. The van der Waals surface area contributed by atoms with Gasteiger partial charge >= 0.3 is 11.8 Å². The molecule has 0 aromatic heterocycles. The van der Waals surface area contributed by atoms with Crippen LogP contribution in [0.5, 0.6) is 11.5 Å². The lowest BCUT2D eigenvalue weighted by molar-refractivity contribution is -0.136. The molecule has 0 unspecified atom stereocenters. The van der Waals surface area contributed by atoms with Crippen LogP contribution >= 0.6 is 0 Å². The minimum atomic E-state index is -0.867. The van der Waals surface area contributed by atoms with Gasteiger partial charge in [0, 0.05) is 11.3 Å². The first-order valence-corrected chi connectivity index (χ1v) is 9.02. The van der Waals surface area contributed by atoms with Crippen molar-refractivity contribution in [2.75, 3.05) is 19.5 Å². The van der Waals surface area contributed by atoms with Crippen LogP contribution in [-0.4, -0.2) is 32.2 Å². The average Bonchev–Trinajstić information content (AvgIpc) is 2.72. The summed E-state index contributed by atoms with van der Waals surface area (Å²) in [7, 11) is 3.07. The zero-order valence-electron chi connectivity index (χ0n) is 16.3. The molecule has 0 radical (unpaired) electrons. The topological polar surface area (TPSA) is 89.0 Å². The molecule has 0 spiro atoms. The lowest BCUT2D eigenvalue weighted by Crippen LogP contribution is -2.32. The van der Waals surface area contributed by atoms with Gasteiger partial charge in [0.1, 0.15) is 11.5 Å². The van der Waals surface area contributed by atoms with E-state index in [1.54, 1.807) is 37.4 Å². The number of unbranched alkanes of at least 4 members (excludes halogenated alkanes) is 1. The third-order valence-corrected chi connectivity index (χ3v) is 4.04. The van der Waals surface area contributed by atoms with E-state index in [2.05, 4.69) is 22.8 Å². The first kappa shape index (κ1) is 21.0. The lowest BCUT2D eigenvalue weighted by Gasteiger charge is -2.07. The lowest BCUT2D eigenvalue weighted by atomic mass is 10.1. The quantitative estimate of drug-likeness (QED) is 0.416. The predicted octanol–water partition coefficient (Wildman–Crippen LogP) is 3.14. The number of rotatable bonds is 8. The molecule has 0 heterocycles. The molecule has 0 aliphatic carbocycles. The molecule has 7 heteroatoms. The van der Waals surface area contributed by atoms with Gasteiger partial charge in [0.2, 0.25) is 0 Å². The predicted molar refractivity (Wildman–Crippen MR) is 109 cm³/mol. The van der Waals surface area contributed by atoms with E-state index in [0.717, 1.165) is 19.3 Å². The summed E-state index contributed by atoms with van der Waals surface area (Å²) in [6.07, 6.45) is 4.62. The number of hydrogen-bond donors (Lipinski definition) is 2. The number of anilines is 1. The number of carbonyl (C=O) groups is 2. The van der Waals surface area contributed by atoms with Gasteiger partial charge < -0.3 is 14.8 Å². The van der Waals surface area contributed by atoms with E-state index < -0.39 is 11.8 Å². The number of aryl methyl sites for hydroxylation is 1. The molecule has 0 saturated carbocycles. The van der Waals surface area contributed by atoms with Gasteiger partial charge in [-0.25, -0.2) is 5.43 Å². The Kier molecular flexibility index (Phi) is 8.02. The molecule has 2 rings (SSSR count). The number of nitrogens with zero attached hydrogens (tertiary/aromatic N) is 1. The smallest absolute Gasteiger partial charge is 0.329 e. The van der Waals surface area contributed by atoms with Crippen LogP contribution in [0.25, 0.3) is 0 Å². The Morgan fingerprint density at radius 2 is 1.79 bits per heavy atom. The number of benzene rings is 2. The number of nitrogens with one attached hydrogen (secondary N) is 2. The molecule has 2 aromatic carbocycles. The number of methoxy groups -OCH3 is 2. The second-order valence-corrected chi connectivity index (χ2v) is 6.06. The largest absolute Gasteiger partial charge is 0.497 e. The molecule has 2 N–H and O–H groups in total. The van der Waals surface area contributed by atoms with Crippen molar-refractivity contribution in [1.82, 2.24) is 5.43 Å². The molecular weight excluding hydrogens is 358 g/mol. The van der Waals surface area contributed by atoms with Gasteiger partial charge in [-0.05, 0) is 48.7 Å². The molecule has 2 aromatic rings. The SMILES string of the molecule is CCCCc1ccc(NC(=O)C(=O)NN=Cc2cc(OC)ccc2OC)cc1. The number of hydrogen-bond acceptors (Lipinski definition) is 5. The van der Waals surface area contributed by atoms with Crippen LogP contribution in [-0.2, 0) is 16.0 Å². The number of amides is 2. The molecule has 0 bridgehead atoms. The van der Waals surface area contributed by atoms with Gasteiger partial charge in [0.25, 0.3) is 0 Å². The summed E-state index contributed by atoms with van der Waals surface area (Å²) in [5, 5.41) is 6.36. The van der Waals surface area contributed by atoms with E-state index in [9.17, 15) is 9.59 Å². The van der Waals surface area contributed by atoms with Gasteiger partial charge in [-0.3, -0.25) is 9.59 Å². The Labute approximate surface area is 164 Å². The van der Waals surface area contributed by atoms with E-state index in [1.165, 1.54) is 18.9 Å². The second kappa shape index (κ2) is 10.7.